The highest BCUT2D eigenvalue weighted by Crippen LogP contribution is 2.22. The number of thiophene rings is 1. The van der Waals surface area contributed by atoms with Crippen LogP contribution in [0.5, 0.6) is 0 Å². The molecule has 0 spiro atoms. The topological polar surface area (TPSA) is 15.3 Å². The van der Waals surface area contributed by atoms with Crippen LogP contribution in [0.15, 0.2) is 15.9 Å². The van der Waals surface area contributed by atoms with Crippen LogP contribution in [0.3, 0.4) is 0 Å². The van der Waals surface area contributed by atoms with Crippen molar-refractivity contribution in [1.29, 1.82) is 0 Å². The van der Waals surface area contributed by atoms with Gasteiger partial charge in [-0.2, -0.15) is 0 Å². The summed E-state index contributed by atoms with van der Waals surface area (Å²) in [5, 5.41) is 5.67. The van der Waals surface area contributed by atoms with Gasteiger partial charge in [-0.3, -0.25) is 0 Å². The lowest BCUT2D eigenvalue weighted by Gasteiger charge is -2.30. The molecule has 0 bridgehead atoms. The highest BCUT2D eigenvalue weighted by molar-refractivity contribution is 9.10. The molecule has 1 rings (SSSR count). The first kappa shape index (κ1) is 16.2. The second-order valence-electron chi connectivity index (χ2n) is 5.74. The molecule has 0 fully saturated rings. The summed E-state index contributed by atoms with van der Waals surface area (Å²) < 4.78 is 1.19. The number of nitrogens with one attached hydrogen (secondary N) is 1. The monoisotopic (exact) mass is 332 g/mol. The summed E-state index contributed by atoms with van der Waals surface area (Å²) in [6.07, 6.45) is 1.20. The molecule has 104 valence electrons. The number of hydrogen-bond acceptors (Lipinski definition) is 3. The minimum atomic E-state index is 0.318. The molecule has 0 atom stereocenters. The third kappa shape index (κ3) is 6.32. The van der Waals surface area contributed by atoms with Gasteiger partial charge in [-0.25, -0.2) is 0 Å². The smallest absolute Gasteiger partial charge is 0.0325 e. The van der Waals surface area contributed by atoms with Gasteiger partial charge in [0.25, 0.3) is 0 Å². The maximum Gasteiger partial charge on any atom is 0.0325 e. The summed E-state index contributed by atoms with van der Waals surface area (Å²) in [7, 11) is 2.20. The van der Waals surface area contributed by atoms with Crippen molar-refractivity contribution in [1.82, 2.24) is 10.2 Å². The van der Waals surface area contributed by atoms with Gasteiger partial charge in [-0.1, -0.05) is 20.8 Å². The van der Waals surface area contributed by atoms with E-state index in [-0.39, 0.29) is 0 Å². The summed E-state index contributed by atoms with van der Waals surface area (Å²) >= 11 is 5.33. The van der Waals surface area contributed by atoms with Crippen LogP contribution in [0.2, 0.25) is 0 Å². The molecular weight excluding hydrogens is 308 g/mol. The molecule has 0 amide bonds. The van der Waals surface area contributed by atoms with Gasteiger partial charge in [0.2, 0.25) is 0 Å². The molecule has 4 heteroatoms. The summed E-state index contributed by atoms with van der Waals surface area (Å²) in [5.41, 5.74) is 0.318. The second kappa shape index (κ2) is 7.63. The summed E-state index contributed by atoms with van der Waals surface area (Å²) in [5.74, 6) is 0. The molecule has 0 aliphatic carbocycles. The Labute approximate surface area is 124 Å². The molecule has 18 heavy (non-hydrogen) atoms. The van der Waals surface area contributed by atoms with Crippen LogP contribution in [0, 0.1) is 5.41 Å². The zero-order valence-corrected chi connectivity index (χ0v) is 14.3. The zero-order chi connectivity index (χ0) is 13.6. The van der Waals surface area contributed by atoms with E-state index in [0.717, 1.165) is 26.2 Å². The molecule has 1 heterocycles. The lowest BCUT2D eigenvalue weighted by Crippen LogP contribution is -2.38. The van der Waals surface area contributed by atoms with Gasteiger partial charge >= 0.3 is 0 Å². The van der Waals surface area contributed by atoms with Crippen molar-refractivity contribution in [3.8, 4) is 0 Å². The van der Waals surface area contributed by atoms with E-state index < -0.39 is 0 Å². The molecule has 0 saturated carbocycles. The predicted molar refractivity (Wildman–Crippen MR) is 85.3 cm³/mol. The van der Waals surface area contributed by atoms with Gasteiger partial charge in [-0.05, 0) is 47.4 Å². The highest BCUT2D eigenvalue weighted by atomic mass is 79.9. The quantitative estimate of drug-likeness (QED) is 0.724. The van der Waals surface area contributed by atoms with Crippen LogP contribution >= 0.6 is 27.3 Å². The van der Waals surface area contributed by atoms with Crippen molar-refractivity contribution in [3.05, 3.63) is 20.8 Å². The Morgan fingerprint density at radius 1 is 1.44 bits per heavy atom. The van der Waals surface area contributed by atoms with Crippen molar-refractivity contribution >= 4 is 27.3 Å². The van der Waals surface area contributed by atoms with Crippen molar-refractivity contribution in [2.45, 2.75) is 33.7 Å². The van der Waals surface area contributed by atoms with E-state index in [1.165, 1.54) is 15.8 Å². The maximum atomic E-state index is 3.52. The van der Waals surface area contributed by atoms with Crippen molar-refractivity contribution < 1.29 is 0 Å². The molecule has 0 aromatic carbocycles. The number of rotatable bonds is 8. The average molecular weight is 333 g/mol. The van der Waals surface area contributed by atoms with Crippen LogP contribution in [-0.2, 0) is 6.54 Å². The largest absolute Gasteiger partial charge is 0.316 e. The molecular formula is C14H25BrN2S. The van der Waals surface area contributed by atoms with Crippen LogP contribution < -0.4 is 5.32 Å². The Balaban J connectivity index is 2.35. The lowest BCUT2D eigenvalue weighted by atomic mass is 9.92. The fraction of sp³-hybridized carbons (Fsp3) is 0.714. The molecule has 0 saturated heterocycles. The Morgan fingerprint density at radius 3 is 2.72 bits per heavy atom. The van der Waals surface area contributed by atoms with Gasteiger partial charge in [0.15, 0.2) is 0 Å². The maximum absolute atomic E-state index is 3.52. The fourth-order valence-corrected chi connectivity index (χ4v) is 3.68. The molecule has 1 N–H and O–H groups in total. The Kier molecular flexibility index (Phi) is 6.85. The van der Waals surface area contributed by atoms with E-state index in [2.05, 4.69) is 65.4 Å². The number of halogens is 1. The van der Waals surface area contributed by atoms with Gasteiger partial charge in [-0.15, -0.1) is 11.3 Å². The van der Waals surface area contributed by atoms with E-state index in [9.17, 15) is 0 Å². The van der Waals surface area contributed by atoms with Gasteiger partial charge in [0.05, 0.1) is 0 Å². The van der Waals surface area contributed by atoms with E-state index in [4.69, 9.17) is 0 Å². The molecule has 0 unspecified atom stereocenters. The number of nitrogens with zero attached hydrogens (tertiary/aromatic N) is 1. The molecule has 2 nitrogen and oxygen atoms in total. The van der Waals surface area contributed by atoms with Crippen molar-refractivity contribution in [3.63, 3.8) is 0 Å². The lowest BCUT2D eigenvalue weighted by molar-refractivity contribution is 0.200. The molecule has 0 radical (unpaired) electrons. The summed E-state index contributed by atoms with van der Waals surface area (Å²) in [6, 6.07) is 2.21. The standard InChI is InChI=1S/C14H25BrN2S/c1-5-6-16-10-14(2,3)11-17(4)8-13-7-12(15)9-18-13/h7,9,16H,5-6,8,10-11H2,1-4H3. The highest BCUT2D eigenvalue weighted by Gasteiger charge is 2.19. The van der Waals surface area contributed by atoms with E-state index in [0.29, 0.717) is 5.41 Å². The van der Waals surface area contributed by atoms with Crippen molar-refractivity contribution in [2.24, 2.45) is 5.41 Å². The van der Waals surface area contributed by atoms with Gasteiger partial charge in [0, 0.05) is 34.4 Å². The van der Waals surface area contributed by atoms with Crippen LogP contribution in [0.25, 0.3) is 0 Å². The minimum absolute atomic E-state index is 0.318. The molecule has 0 aliphatic rings. The first-order valence-corrected chi connectivity index (χ1v) is 8.22. The zero-order valence-electron chi connectivity index (χ0n) is 11.9. The average Bonchev–Trinajstić information content (AvgIpc) is 2.63. The minimum Gasteiger partial charge on any atom is -0.316 e. The Bertz CT molecular complexity index is 349. The molecule has 1 aromatic rings. The molecule has 1 aromatic heterocycles. The summed E-state index contributed by atoms with van der Waals surface area (Å²) in [6.45, 7) is 11.2. The molecule has 0 aliphatic heterocycles. The van der Waals surface area contributed by atoms with Crippen LogP contribution in [0.4, 0.5) is 0 Å². The van der Waals surface area contributed by atoms with Crippen LogP contribution in [0.1, 0.15) is 32.1 Å². The Hall–Kier alpha value is 0.1000. The second-order valence-corrected chi connectivity index (χ2v) is 7.66. The van der Waals surface area contributed by atoms with Crippen molar-refractivity contribution in [2.75, 3.05) is 26.7 Å². The normalized spacial score (nSPS) is 12.3. The third-order valence-electron chi connectivity index (χ3n) is 2.78. The van der Waals surface area contributed by atoms with E-state index >= 15 is 0 Å². The third-order valence-corrected chi connectivity index (χ3v) is 4.46. The first-order valence-electron chi connectivity index (χ1n) is 6.55. The van der Waals surface area contributed by atoms with Gasteiger partial charge in [0.1, 0.15) is 0 Å². The van der Waals surface area contributed by atoms with E-state index in [1.54, 1.807) is 0 Å². The predicted octanol–water partition coefficient (Wildman–Crippen LogP) is 3.97. The Morgan fingerprint density at radius 2 is 2.17 bits per heavy atom. The number of hydrogen-bond donors (Lipinski definition) is 1. The summed E-state index contributed by atoms with van der Waals surface area (Å²) in [4.78, 5) is 3.83. The fourth-order valence-electron chi connectivity index (χ4n) is 2.15. The van der Waals surface area contributed by atoms with Gasteiger partial charge < -0.3 is 10.2 Å². The first-order chi connectivity index (χ1) is 8.43. The van der Waals surface area contributed by atoms with Crippen LogP contribution in [-0.4, -0.2) is 31.6 Å². The SMILES string of the molecule is CCCNCC(C)(C)CN(C)Cc1cc(Br)cs1. The van der Waals surface area contributed by atoms with E-state index in [1.807, 2.05) is 11.3 Å².